The molecule has 0 radical (unpaired) electrons. The second-order valence-corrected chi connectivity index (χ2v) is 4.34. The maximum Gasteiger partial charge on any atom is 0.323 e. The highest BCUT2D eigenvalue weighted by Gasteiger charge is 2.26. The predicted octanol–water partition coefficient (Wildman–Crippen LogP) is 0.953. The summed E-state index contributed by atoms with van der Waals surface area (Å²) >= 11 is 0. The molecule has 1 aliphatic rings. The predicted molar refractivity (Wildman–Crippen MR) is 57.6 cm³/mol. The Bertz CT molecular complexity index is 208. The second kappa shape index (κ2) is 6.08. The summed E-state index contributed by atoms with van der Waals surface area (Å²) in [5.74, 6) is 0.452. The molecule has 0 bridgehead atoms. The first-order chi connectivity index (χ1) is 7.13. The summed E-state index contributed by atoms with van der Waals surface area (Å²) in [4.78, 5) is 11.7. The standard InChI is InChI=1S/C11H21NO3/c1-8-4-5-12-10(6-8)11(13)15-9(2)7-14-3/h8-10,12H,4-7H2,1-3H3. The monoisotopic (exact) mass is 215 g/mol. The summed E-state index contributed by atoms with van der Waals surface area (Å²) in [6.45, 7) is 5.36. The molecular weight excluding hydrogens is 194 g/mol. The normalized spacial score (nSPS) is 28.5. The van der Waals surface area contributed by atoms with Crippen LogP contribution < -0.4 is 5.32 Å². The zero-order valence-corrected chi connectivity index (χ0v) is 9.79. The Kier molecular flexibility index (Phi) is 5.05. The third-order valence-corrected chi connectivity index (χ3v) is 2.67. The van der Waals surface area contributed by atoms with Gasteiger partial charge in [-0.25, -0.2) is 0 Å². The number of methoxy groups -OCH3 is 1. The average Bonchev–Trinajstić information content (AvgIpc) is 2.18. The van der Waals surface area contributed by atoms with Crippen LogP contribution in [-0.2, 0) is 14.3 Å². The van der Waals surface area contributed by atoms with Crippen molar-refractivity contribution in [2.75, 3.05) is 20.3 Å². The fraction of sp³-hybridized carbons (Fsp3) is 0.909. The van der Waals surface area contributed by atoms with Gasteiger partial charge in [0.1, 0.15) is 12.1 Å². The zero-order valence-electron chi connectivity index (χ0n) is 9.79. The van der Waals surface area contributed by atoms with E-state index in [-0.39, 0.29) is 18.1 Å². The molecule has 1 N–H and O–H groups in total. The molecule has 1 saturated heterocycles. The van der Waals surface area contributed by atoms with Gasteiger partial charge in [0.25, 0.3) is 0 Å². The van der Waals surface area contributed by atoms with Crippen molar-refractivity contribution in [3.05, 3.63) is 0 Å². The Morgan fingerprint density at radius 3 is 2.93 bits per heavy atom. The molecule has 0 aromatic carbocycles. The van der Waals surface area contributed by atoms with Gasteiger partial charge < -0.3 is 14.8 Å². The van der Waals surface area contributed by atoms with Gasteiger partial charge in [-0.05, 0) is 32.2 Å². The van der Waals surface area contributed by atoms with E-state index in [1.807, 2.05) is 6.92 Å². The van der Waals surface area contributed by atoms with Crippen molar-refractivity contribution in [2.45, 2.75) is 38.8 Å². The highest BCUT2D eigenvalue weighted by atomic mass is 16.6. The Morgan fingerprint density at radius 1 is 1.60 bits per heavy atom. The van der Waals surface area contributed by atoms with E-state index in [1.54, 1.807) is 7.11 Å². The lowest BCUT2D eigenvalue weighted by Crippen LogP contribution is -2.45. The second-order valence-electron chi connectivity index (χ2n) is 4.34. The summed E-state index contributed by atoms with van der Waals surface area (Å²) in [7, 11) is 1.60. The summed E-state index contributed by atoms with van der Waals surface area (Å²) in [6.07, 6.45) is 1.84. The number of hydrogen-bond donors (Lipinski definition) is 1. The first kappa shape index (κ1) is 12.5. The summed E-state index contributed by atoms with van der Waals surface area (Å²) < 4.78 is 10.2. The van der Waals surface area contributed by atoms with E-state index in [9.17, 15) is 4.79 Å². The highest BCUT2D eigenvalue weighted by molar-refractivity contribution is 5.76. The lowest BCUT2D eigenvalue weighted by atomic mass is 9.94. The molecule has 0 amide bonds. The SMILES string of the molecule is COCC(C)OC(=O)C1CC(C)CCN1. The summed E-state index contributed by atoms with van der Waals surface area (Å²) in [5, 5.41) is 3.18. The number of carbonyl (C=O) groups excluding carboxylic acids is 1. The van der Waals surface area contributed by atoms with Gasteiger partial charge >= 0.3 is 5.97 Å². The minimum atomic E-state index is -0.165. The average molecular weight is 215 g/mol. The molecule has 3 atom stereocenters. The largest absolute Gasteiger partial charge is 0.459 e. The number of carbonyl (C=O) groups is 1. The Hall–Kier alpha value is -0.610. The molecule has 1 fully saturated rings. The fourth-order valence-electron chi connectivity index (χ4n) is 1.84. The van der Waals surface area contributed by atoms with Crippen LogP contribution in [0.2, 0.25) is 0 Å². The van der Waals surface area contributed by atoms with Gasteiger partial charge in [-0.15, -0.1) is 0 Å². The highest BCUT2D eigenvalue weighted by Crippen LogP contribution is 2.16. The van der Waals surface area contributed by atoms with Crippen LogP contribution in [0.4, 0.5) is 0 Å². The molecular formula is C11H21NO3. The maximum absolute atomic E-state index is 11.7. The molecule has 3 unspecified atom stereocenters. The topological polar surface area (TPSA) is 47.6 Å². The number of nitrogens with one attached hydrogen (secondary N) is 1. The van der Waals surface area contributed by atoms with E-state index in [4.69, 9.17) is 9.47 Å². The van der Waals surface area contributed by atoms with Crippen LogP contribution in [-0.4, -0.2) is 38.4 Å². The number of esters is 1. The van der Waals surface area contributed by atoms with Gasteiger partial charge in [-0.2, -0.15) is 0 Å². The van der Waals surface area contributed by atoms with E-state index >= 15 is 0 Å². The van der Waals surface area contributed by atoms with E-state index in [0.717, 1.165) is 19.4 Å². The third kappa shape index (κ3) is 4.18. The van der Waals surface area contributed by atoms with E-state index < -0.39 is 0 Å². The van der Waals surface area contributed by atoms with Gasteiger partial charge in [-0.1, -0.05) is 6.92 Å². The Labute approximate surface area is 91.3 Å². The number of hydrogen-bond acceptors (Lipinski definition) is 4. The van der Waals surface area contributed by atoms with Crippen LogP contribution >= 0.6 is 0 Å². The molecule has 1 rings (SSSR count). The van der Waals surface area contributed by atoms with Crippen molar-refractivity contribution in [2.24, 2.45) is 5.92 Å². The zero-order chi connectivity index (χ0) is 11.3. The van der Waals surface area contributed by atoms with Crippen LogP contribution in [0.15, 0.2) is 0 Å². The first-order valence-corrected chi connectivity index (χ1v) is 5.56. The van der Waals surface area contributed by atoms with Crippen molar-refractivity contribution in [1.29, 1.82) is 0 Å². The van der Waals surface area contributed by atoms with Crippen molar-refractivity contribution in [1.82, 2.24) is 5.32 Å². The quantitative estimate of drug-likeness (QED) is 0.709. The van der Waals surface area contributed by atoms with Crippen LogP contribution in [0.1, 0.15) is 26.7 Å². The lowest BCUT2D eigenvalue weighted by molar-refractivity contribution is -0.154. The molecule has 0 spiro atoms. The fourth-order valence-corrected chi connectivity index (χ4v) is 1.84. The van der Waals surface area contributed by atoms with Gasteiger partial charge in [0.15, 0.2) is 0 Å². The van der Waals surface area contributed by atoms with Crippen LogP contribution in [0.3, 0.4) is 0 Å². The smallest absolute Gasteiger partial charge is 0.323 e. The molecule has 0 saturated carbocycles. The van der Waals surface area contributed by atoms with Crippen molar-refractivity contribution < 1.29 is 14.3 Å². The van der Waals surface area contributed by atoms with Crippen LogP contribution in [0.25, 0.3) is 0 Å². The van der Waals surface area contributed by atoms with E-state index in [0.29, 0.717) is 12.5 Å². The maximum atomic E-state index is 11.7. The molecule has 4 nitrogen and oxygen atoms in total. The van der Waals surface area contributed by atoms with Crippen molar-refractivity contribution in [3.63, 3.8) is 0 Å². The molecule has 88 valence electrons. The van der Waals surface area contributed by atoms with E-state index in [2.05, 4.69) is 12.2 Å². The van der Waals surface area contributed by atoms with Crippen LogP contribution in [0.5, 0.6) is 0 Å². The van der Waals surface area contributed by atoms with Gasteiger partial charge in [-0.3, -0.25) is 4.79 Å². The molecule has 1 aliphatic heterocycles. The van der Waals surface area contributed by atoms with Crippen molar-refractivity contribution >= 4 is 5.97 Å². The van der Waals surface area contributed by atoms with Crippen LogP contribution in [0, 0.1) is 5.92 Å². The lowest BCUT2D eigenvalue weighted by Gasteiger charge is -2.27. The van der Waals surface area contributed by atoms with E-state index in [1.165, 1.54) is 0 Å². The Morgan fingerprint density at radius 2 is 2.33 bits per heavy atom. The summed E-state index contributed by atoms with van der Waals surface area (Å²) in [5.41, 5.74) is 0. The number of ether oxygens (including phenoxy) is 2. The third-order valence-electron chi connectivity index (χ3n) is 2.67. The Balaban J connectivity index is 2.32. The molecule has 0 aromatic heterocycles. The van der Waals surface area contributed by atoms with Gasteiger partial charge in [0, 0.05) is 7.11 Å². The van der Waals surface area contributed by atoms with Gasteiger partial charge in [0.2, 0.25) is 0 Å². The molecule has 4 heteroatoms. The minimum absolute atomic E-state index is 0.131. The van der Waals surface area contributed by atoms with Crippen molar-refractivity contribution in [3.8, 4) is 0 Å². The summed E-state index contributed by atoms with van der Waals surface area (Å²) in [6, 6.07) is -0.131. The number of rotatable bonds is 4. The molecule has 0 aromatic rings. The number of piperidine rings is 1. The molecule has 0 aliphatic carbocycles. The molecule has 15 heavy (non-hydrogen) atoms. The first-order valence-electron chi connectivity index (χ1n) is 5.56. The molecule has 1 heterocycles. The van der Waals surface area contributed by atoms with Gasteiger partial charge in [0.05, 0.1) is 6.61 Å². The minimum Gasteiger partial charge on any atom is -0.459 e.